The van der Waals surface area contributed by atoms with E-state index in [0.717, 1.165) is 18.8 Å². The van der Waals surface area contributed by atoms with E-state index in [1.807, 2.05) is 24.3 Å². The number of ether oxygens (including phenoxy) is 1. The molecule has 2 aliphatic rings. The fourth-order valence-electron chi connectivity index (χ4n) is 3.22. The predicted molar refractivity (Wildman–Crippen MR) is 101 cm³/mol. The van der Waals surface area contributed by atoms with Crippen molar-refractivity contribution < 1.29 is 14.3 Å². The Hall–Kier alpha value is -1.99. The number of hydrogen-bond acceptors (Lipinski definition) is 4. The first-order valence-electron chi connectivity index (χ1n) is 8.97. The highest BCUT2D eigenvalue weighted by Crippen LogP contribution is 2.19. The SMILES string of the molecule is C[C@H](NC(=O)N1CCN(c2ccc(Cl)cc2)CC1)C(=O)N1CCOCC1. The number of nitrogens with one attached hydrogen (secondary N) is 1. The zero-order valence-electron chi connectivity index (χ0n) is 15.0. The van der Waals surface area contributed by atoms with Crippen LogP contribution in [0.25, 0.3) is 0 Å². The Morgan fingerprint density at radius 2 is 1.62 bits per heavy atom. The molecule has 2 saturated heterocycles. The number of carbonyl (C=O) groups excluding carboxylic acids is 2. The molecule has 2 fully saturated rings. The van der Waals surface area contributed by atoms with Crippen molar-refractivity contribution in [3.63, 3.8) is 0 Å². The summed E-state index contributed by atoms with van der Waals surface area (Å²) in [7, 11) is 0. The van der Waals surface area contributed by atoms with Gasteiger partial charge in [-0.05, 0) is 31.2 Å². The molecule has 0 radical (unpaired) electrons. The molecule has 2 heterocycles. The van der Waals surface area contributed by atoms with Gasteiger partial charge in [0.1, 0.15) is 6.04 Å². The van der Waals surface area contributed by atoms with Gasteiger partial charge in [-0.1, -0.05) is 11.6 Å². The summed E-state index contributed by atoms with van der Waals surface area (Å²) in [6.45, 7) is 6.75. The second-order valence-electron chi connectivity index (χ2n) is 6.56. The quantitative estimate of drug-likeness (QED) is 0.861. The van der Waals surface area contributed by atoms with Gasteiger partial charge >= 0.3 is 6.03 Å². The van der Waals surface area contributed by atoms with Crippen molar-refractivity contribution in [2.75, 3.05) is 57.4 Å². The predicted octanol–water partition coefficient (Wildman–Crippen LogP) is 1.42. The maximum absolute atomic E-state index is 12.5. The zero-order chi connectivity index (χ0) is 18.5. The molecular weight excluding hydrogens is 356 g/mol. The van der Waals surface area contributed by atoms with Gasteiger partial charge in [0.05, 0.1) is 13.2 Å². The Kier molecular flexibility index (Phi) is 6.21. The number of rotatable bonds is 3. The van der Waals surface area contributed by atoms with E-state index in [1.165, 1.54) is 0 Å². The first-order valence-corrected chi connectivity index (χ1v) is 9.35. The summed E-state index contributed by atoms with van der Waals surface area (Å²) in [5, 5.41) is 3.54. The van der Waals surface area contributed by atoms with Gasteiger partial charge in [-0.3, -0.25) is 4.79 Å². The van der Waals surface area contributed by atoms with E-state index in [1.54, 1.807) is 16.7 Å². The first-order chi connectivity index (χ1) is 12.5. The second kappa shape index (κ2) is 8.60. The normalized spacial score (nSPS) is 19.2. The van der Waals surface area contributed by atoms with Crippen molar-refractivity contribution in [3.8, 4) is 0 Å². The number of carbonyl (C=O) groups is 2. The molecule has 1 atom stereocenters. The van der Waals surface area contributed by atoms with Crippen LogP contribution in [-0.4, -0.2) is 80.3 Å². The Morgan fingerprint density at radius 3 is 2.23 bits per heavy atom. The van der Waals surface area contributed by atoms with Crippen LogP contribution >= 0.6 is 11.6 Å². The fourth-order valence-corrected chi connectivity index (χ4v) is 3.34. The van der Waals surface area contributed by atoms with Gasteiger partial charge in [-0.25, -0.2) is 4.79 Å². The first kappa shape index (κ1) is 18.8. The third kappa shape index (κ3) is 4.59. The van der Waals surface area contributed by atoms with Crippen molar-refractivity contribution in [1.82, 2.24) is 15.1 Å². The van der Waals surface area contributed by atoms with E-state index in [9.17, 15) is 9.59 Å². The largest absolute Gasteiger partial charge is 0.378 e. The standard InChI is InChI=1S/C18H25ClN4O3/c1-14(17(24)22-10-12-26-13-11-22)20-18(25)23-8-6-21(7-9-23)16-4-2-15(19)3-5-16/h2-5,14H,6-13H2,1H3,(H,20,25)/t14-/m0/s1. The Bertz CT molecular complexity index is 626. The van der Waals surface area contributed by atoms with Gasteiger partial charge in [0.25, 0.3) is 0 Å². The molecule has 7 nitrogen and oxygen atoms in total. The fraction of sp³-hybridized carbons (Fsp3) is 0.556. The topological polar surface area (TPSA) is 65.1 Å². The van der Waals surface area contributed by atoms with Gasteiger partial charge in [0.2, 0.25) is 5.91 Å². The number of urea groups is 1. The number of anilines is 1. The summed E-state index contributed by atoms with van der Waals surface area (Å²) in [4.78, 5) is 30.6. The average Bonchev–Trinajstić information content (AvgIpc) is 2.68. The highest BCUT2D eigenvalue weighted by atomic mass is 35.5. The van der Waals surface area contributed by atoms with E-state index in [4.69, 9.17) is 16.3 Å². The van der Waals surface area contributed by atoms with Gasteiger partial charge in [0.15, 0.2) is 0 Å². The maximum Gasteiger partial charge on any atom is 0.318 e. The van der Waals surface area contributed by atoms with Gasteiger partial charge in [-0.15, -0.1) is 0 Å². The highest BCUT2D eigenvalue weighted by Gasteiger charge is 2.27. The number of nitrogens with zero attached hydrogens (tertiary/aromatic N) is 3. The molecule has 0 aliphatic carbocycles. The number of amides is 3. The third-order valence-corrected chi connectivity index (χ3v) is 5.04. The smallest absolute Gasteiger partial charge is 0.318 e. The lowest BCUT2D eigenvalue weighted by Gasteiger charge is -2.37. The van der Waals surface area contributed by atoms with Crippen molar-refractivity contribution in [1.29, 1.82) is 0 Å². The molecule has 1 aromatic carbocycles. The van der Waals surface area contributed by atoms with Crippen LogP contribution in [-0.2, 0) is 9.53 Å². The minimum absolute atomic E-state index is 0.0542. The summed E-state index contributed by atoms with van der Waals surface area (Å²) in [6, 6.07) is 7.00. The Balaban J connectivity index is 1.47. The summed E-state index contributed by atoms with van der Waals surface area (Å²) >= 11 is 5.93. The molecule has 142 valence electrons. The molecule has 0 spiro atoms. The van der Waals surface area contributed by atoms with E-state index in [2.05, 4.69) is 10.2 Å². The van der Waals surface area contributed by atoms with Crippen molar-refractivity contribution >= 4 is 29.2 Å². The van der Waals surface area contributed by atoms with Crippen LogP contribution in [0.15, 0.2) is 24.3 Å². The average molecular weight is 381 g/mol. The summed E-state index contributed by atoms with van der Waals surface area (Å²) in [6.07, 6.45) is 0. The summed E-state index contributed by atoms with van der Waals surface area (Å²) in [5.74, 6) is -0.0542. The highest BCUT2D eigenvalue weighted by molar-refractivity contribution is 6.30. The minimum Gasteiger partial charge on any atom is -0.378 e. The van der Waals surface area contributed by atoms with Crippen LogP contribution in [0.5, 0.6) is 0 Å². The lowest BCUT2D eigenvalue weighted by atomic mass is 10.2. The van der Waals surface area contributed by atoms with E-state index in [-0.39, 0.29) is 11.9 Å². The molecule has 0 saturated carbocycles. The molecule has 1 aromatic rings. The second-order valence-corrected chi connectivity index (χ2v) is 7.00. The van der Waals surface area contributed by atoms with Crippen molar-refractivity contribution in [2.24, 2.45) is 0 Å². The lowest BCUT2D eigenvalue weighted by molar-refractivity contribution is -0.136. The molecule has 0 aromatic heterocycles. The van der Waals surface area contributed by atoms with Crippen LogP contribution in [0, 0.1) is 0 Å². The molecule has 26 heavy (non-hydrogen) atoms. The molecule has 0 unspecified atom stereocenters. The van der Waals surface area contributed by atoms with E-state index >= 15 is 0 Å². The Morgan fingerprint density at radius 1 is 1.00 bits per heavy atom. The third-order valence-electron chi connectivity index (χ3n) is 4.79. The van der Waals surface area contributed by atoms with Crippen LogP contribution in [0.1, 0.15) is 6.92 Å². The number of halogens is 1. The monoisotopic (exact) mass is 380 g/mol. The van der Waals surface area contributed by atoms with E-state index in [0.29, 0.717) is 44.4 Å². The molecule has 2 aliphatic heterocycles. The summed E-state index contributed by atoms with van der Waals surface area (Å²) in [5.41, 5.74) is 1.10. The van der Waals surface area contributed by atoms with E-state index < -0.39 is 6.04 Å². The van der Waals surface area contributed by atoms with Crippen LogP contribution in [0.4, 0.5) is 10.5 Å². The molecule has 8 heteroatoms. The van der Waals surface area contributed by atoms with Crippen molar-refractivity contribution in [3.05, 3.63) is 29.3 Å². The Labute approximate surface area is 158 Å². The molecule has 0 bridgehead atoms. The van der Waals surface area contributed by atoms with Gasteiger partial charge in [0, 0.05) is 50.0 Å². The molecular formula is C18H25ClN4O3. The minimum atomic E-state index is -0.533. The van der Waals surface area contributed by atoms with Gasteiger partial charge < -0.3 is 24.8 Å². The number of benzene rings is 1. The summed E-state index contributed by atoms with van der Waals surface area (Å²) < 4.78 is 5.26. The maximum atomic E-state index is 12.5. The molecule has 3 amide bonds. The van der Waals surface area contributed by atoms with Crippen molar-refractivity contribution in [2.45, 2.75) is 13.0 Å². The molecule has 3 rings (SSSR count). The zero-order valence-corrected chi connectivity index (χ0v) is 15.7. The van der Waals surface area contributed by atoms with Crippen LogP contribution in [0.2, 0.25) is 5.02 Å². The van der Waals surface area contributed by atoms with Crippen LogP contribution in [0.3, 0.4) is 0 Å². The number of hydrogen-bond donors (Lipinski definition) is 1. The lowest BCUT2D eigenvalue weighted by Crippen LogP contribution is -2.56. The van der Waals surface area contributed by atoms with Gasteiger partial charge in [-0.2, -0.15) is 0 Å². The number of morpholine rings is 1. The molecule has 1 N–H and O–H groups in total. The van der Waals surface area contributed by atoms with Crippen LogP contribution < -0.4 is 10.2 Å². The number of piperazine rings is 1.